The highest BCUT2D eigenvalue weighted by molar-refractivity contribution is 8.00. The van der Waals surface area contributed by atoms with E-state index in [1.165, 1.54) is 40.4 Å². The van der Waals surface area contributed by atoms with Gasteiger partial charge in [-0.25, -0.2) is 9.97 Å². The molecule has 1 aliphatic rings. The lowest BCUT2D eigenvalue weighted by molar-refractivity contribution is -0.113. The highest BCUT2D eigenvalue weighted by atomic mass is 32.2. The summed E-state index contributed by atoms with van der Waals surface area (Å²) in [5.41, 5.74) is 2.25. The molecule has 2 aromatic heterocycles. The number of anilines is 1. The molecule has 1 N–H and O–H groups in total. The summed E-state index contributed by atoms with van der Waals surface area (Å²) < 4.78 is 0. The van der Waals surface area contributed by atoms with Crippen LogP contribution in [0.4, 0.5) is 5.69 Å². The summed E-state index contributed by atoms with van der Waals surface area (Å²) in [6, 6.07) is 7.92. The predicted molar refractivity (Wildman–Crippen MR) is 116 cm³/mol. The number of hydrogen-bond donors (Lipinski definition) is 1. The number of hydrogen-bond acceptors (Lipinski definition) is 6. The predicted octanol–water partition coefficient (Wildman–Crippen LogP) is 5.33. The first-order valence-electron chi connectivity index (χ1n) is 8.99. The summed E-state index contributed by atoms with van der Waals surface area (Å²) in [6.45, 7) is 1.93. The Kier molecular flexibility index (Phi) is 5.71. The minimum Gasteiger partial charge on any atom is -0.325 e. The molecule has 0 saturated carbocycles. The van der Waals surface area contributed by atoms with Crippen LogP contribution in [0.3, 0.4) is 0 Å². The lowest BCUT2D eigenvalue weighted by atomic mass is 9.97. The molecule has 0 spiro atoms. The monoisotopic (exact) mass is 415 g/mol. The second kappa shape index (κ2) is 8.20. The van der Waals surface area contributed by atoms with Crippen molar-refractivity contribution in [2.24, 2.45) is 0 Å². The average molecular weight is 416 g/mol. The highest BCUT2D eigenvalue weighted by Crippen LogP contribution is 2.39. The quantitative estimate of drug-likeness (QED) is 0.451. The van der Waals surface area contributed by atoms with Crippen molar-refractivity contribution < 1.29 is 4.79 Å². The lowest BCUT2D eigenvalue weighted by Gasteiger charge is -2.12. The molecule has 0 atom stereocenters. The Morgan fingerprint density at radius 3 is 2.96 bits per heavy atom. The third-order valence-electron chi connectivity index (χ3n) is 4.59. The highest BCUT2D eigenvalue weighted by Gasteiger charge is 2.21. The number of carbonyl (C=O) groups is 1. The molecule has 0 radical (unpaired) electrons. The average Bonchev–Trinajstić information content (AvgIpc) is 3.04. The van der Waals surface area contributed by atoms with Crippen LogP contribution in [0, 0.1) is 6.92 Å². The van der Waals surface area contributed by atoms with E-state index in [4.69, 9.17) is 0 Å². The van der Waals surface area contributed by atoms with Crippen LogP contribution in [0.15, 0.2) is 34.2 Å². The largest absolute Gasteiger partial charge is 0.325 e. The SMILES string of the molecule is CSc1cccc(NC(=O)CSc2nc(C)nc3sc4c(c23)CCCC4)c1. The molecule has 1 aromatic carbocycles. The first-order chi connectivity index (χ1) is 13.1. The fourth-order valence-electron chi connectivity index (χ4n) is 3.36. The van der Waals surface area contributed by atoms with E-state index in [1.807, 2.05) is 37.4 Å². The molecule has 0 fully saturated rings. The first-order valence-corrected chi connectivity index (χ1v) is 12.0. The molecule has 0 saturated heterocycles. The number of amides is 1. The van der Waals surface area contributed by atoms with Gasteiger partial charge in [-0.15, -0.1) is 23.1 Å². The molecule has 1 aliphatic carbocycles. The van der Waals surface area contributed by atoms with E-state index >= 15 is 0 Å². The van der Waals surface area contributed by atoms with Gasteiger partial charge in [0.25, 0.3) is 0 Å². The van der Waals surface area contributed by atoms with Crippen molar-refractivity contribution in [3.05, 3.63) is 40.5 Å². The number of rotatable bonds is 5. The van der Waals surface area contributed by atoms with Gasteiger partial charge in [-0.05, 0) is 62.6 Å². The number of thiophene rings is 1. The summed E-state index contributed by atoms with van der Waals surface area (Å²) in [4.78, 5) is 25.4. The Labute approximate surface area is 171 Å². The molecular weight excluding hydrogens is 394 g/mol. The Hall–Kier alpha value is -1.57. The number of fused-ring (bicyclic) bond motifs is 3. The number of thioether (sulfide) groups is 2. The third kappa shape index (κ3) is 4.15. The van der Waals surface area contributed by atoms with Crippen LogP contribution in [0.2, 0.25) is 0 Å². The zero-order valence-corrected chi connectivity index (χ0v) is 17.8. The number of benzene rings is 1. The summed E-state index contributed by atoms with van der Waals surface area (Å²) in [5.74, 6) is 1.11. The van der Waals surface area contributed by atoms with Gasteiger partial charge in [-0.1, -0.05) is 17.8 Å². The maximum atomic E-state index is 12.5. The van der Waals surface area contributed by atoms with Gasteiger partial charge in [0.05, 0.1) is 5.75 Å². The molecule has 2 heterocycles. The maximum absolute atomic E-state index is 12.5. The minimum absolute atomic E-state index is 0.00762. The van der Waals surface area contributed by atoms with Gasteiger partial charge < -0.3 is 5.32 Å². The fourth-order valence-corrected chi connectivity index (χ4v) is 6.09. The molecule has 4 rings (SSSR count). The van der Waals surface area contributed by atoms with Crippen LogP contribution in [0.25, 0.3) is 10.2 Å². The molecule has 27 heavy (non-hydrogen) atoms. The van der Waals surface area contributed by atoms with Crippen molar-refractivity contribution in [1.82, 2.24) is 9.97 Å². The van der Waals surface area contributed by atoms with Gasteiger partial charge in [0.15, 0.2) is 0 Å². The normalized spacial score (nSPS) is 13.6. The molecule has 140 valence electrons. The van der Waals surface area contributed by atoms with E-state index in [0.717, 1.165) is 39.1 Å². The van der Waals surface area contributed by atoms with Crippen LogP contribution in [0.1, 0.15) is 29.1 Å². The second-order valence-electron chi connectivity index (χ2n) is 6.54. The van der Waals surface area contributed by atoms with Crippen molar-refractivity contribution in [2.45, 2.75) is 42.5 Å². The Bertz CT molecular complexity index is 1000. The summed E-state index contributed by atoms with van der Waals surface area (Å²) in [7, 11) is 0. The van der Waals surface area contributed by atoms with Crippen molar-refractivity contribution in [3.63, 3.8) is 0 Å². The molecule has 1 amide bonds. The number of carbonyl (C=O) groups excluding carboxylic acids is 1. The Morgan fingerprint density at radius 2 is 2.11 bits per heavy atom. The van der Waals surface area contributed by atoms with Crippen molar-refractivity contribution in [1.29, 1.82) is 0 Å². The van der Waals surface area contributed by atoms with Gasteiger partial charge in [0, 0.05) is 20.8 Å². The summed E-state index contributed by atoms with van der Waals surface area (Å²) in [5, 5.41) is 5.12. The number of nitrogens with zero attached hydrogens (tertiary/aromatic N) is 2. The standard InChI is InChI=1S/C20H21N3OS3/c1-12-21-19(18-15-8-3-4-9-16(15)27-20(18)22-12)26-11-17(24)23-13-6-5-7-14(10-13)25-2/h5-7,10H,3-4,8-9,11H2,1-2H3,(H,23,24). The number of nitrogens with one attached hydrogen (secondary N) is 1. The van der Waals surface area contributed by atoms with E-state index in [1.54, 1.807) is 23.1 Å². The van der Waals surface area contributed by atoms with Crippen LogP contribution in [-0.4, -0.2) is 27.9 Å². The van der Waals surface area contributed by atoms with Crippen LogP contribution in [-0.2, 0) is 17.6 Å². The van der Waals surface area contributed by atoms with E-state index in [-0.39, 0.29) is 5.91 Å². The van der Waals surface area contributed by atoms with Crippen LogP contribution < -0.4 is 5.32 Å². The van der Waals surface area contributed by atoms with E-state index in [2.05, 4.69) is 15.3 Å². The zero-order chi connectivity index (χ0) is 18.8. The summed E-state index contributed by atoms with van der Waals surface area (Å²) in [6.07, 6.45) is 6.76. The van der Waals surface area contributed by atoms with Gasteiger partial charge in [0.2, 0.25) is 5.91 Å². The lowest BCUT2D eigenvalue weighted by Crippen LogP contribution is -2.14. The smallest absolute Gasteiger partial charge is 0.234 e. The number of aromatic nitrogens is 2. The molecule has 3 aromatic rings. The van der Waals surface area contributed by atoms with Crippen molar-refractivity contribution in [2.75, 3.05) is 17.3 Å². The zero-order valence-electron chi connectivity index (χ0n) is 15.4. The topological polar surface area (TPSA) is 54.9 Å². The van der Waals surface area contributed by atoms with E-state index in [0.29, 0.717) is 5.75 Å². The fraction of sp³-hybridized carbons (Fsp3) is 0.350. The Morgan fingerprint density at radius 1 is 1.26 bits per heavy atom. The molecular formula is C20H21N3OS3. The van der Waals surface area contributed by atoms with Gasteiger partial charge in [0.1, 0.15) is 15.7 Å². The second-order valence-corrected chi connectivity index (χ2v) is 9.46. The third-order valence-corrected chi connectivity index (χ3v) is 7.47. The van der Waals surface area contributed by atoms with E-state index in [9.17, 15) is 4.79 Å². The Balaban J connectivity index is 1.53. The van der Waals surface area contributed by atoms with Crippen LogP contribution >= 0.6 is 34.9 Å². The molecule has 7 heteroatoms. The van der Waals surface area contributed by atoms with Crippen LogP contribution in [0.5, 0.6) is 0 Å². The molecule has 4 nitrogen and oxygen atoms in total. The molecule has 0 unspecified atom stereocenters. The van der Waals surface area contributed by atoms with Crippen molar-refractivity contribution >= 4 is 56.7 Å². The van der Waals surface area contributed by atoms with Gasteiger partial charge in [-0.2, -0.15) is 0 Å². The van der Waals surface area contributed by atoms with Crippen molar-refractivity contribution in [3.8, 4) is 0 Å². The van der Waals surface area contributed by atoms with E-state index < -0.39 is 0 Å². The van der Waals surface area contributed by atoms with Gasteiger partial charge >= 0.3 is 0 Å². The molecule has 0 bridgehead atoms. The minimum atomic E-state index is -0.00762. The maximum Gasteiger partial charge on any atom is 0.234 e. The molecule has 0 aliphatic heterocycles. The van der Waals surface area contributed by atoms with Gasteiger partial charge in [-0.3, -0.25) is 4.79 Å². The first kappa shape index (κ1) is 18.8. The summed E-state index contributed by atoms with van der Waals surface area (Å²) >= 11 is 4.98. The number of aryl methyl sites for hydroxylation is 3.